The Bertz CT molecular complexity index is 4180. The van der Waals surface area contributed by atoms with Gasteiger partial charge in [0.05, 0.1) is 16.4 Å². The second-order valence-electron chi connectivity index (χ2n) is 20.0. The van der Waals surface area contributed by atoms with E-state index in [9.17, 15) is 0 Å². The second kappa shape index (κ2) is 18.1. The first-order valence-electron chi connectivity index (χ1n) is 26.3. The van der Waals surface area contributed by atoms with Crippen molar-refractivity contribution < 1.29 is 14.2 Å². The quantitative estimate of drug-likeness (QED) is 0.134. The second-order valence-corrected chi connectivity index (χ2v) is 22.0. The largest absolute Gasteiger partial charge is 0.458 e. The molecule has 0 saturated carbocycles. The number of benzene rings is 10. The summed E-state index contributed by atoms with van der Waals surface area (Å²) in [4.78, 5) is 9.41. The summed E-state index contributed by atoms with van der Waals surface area (Å²) in [6.07, 6.45) is 0. The molecule has 4 aliphatic rings. The van der Waals surface area contributed by atoms with E-state index in [2.05, 4.69) is 276 Å². The Kier molecular flexibility index (Phi) is 10.4. The molecule has 0 amide bonds. The number of nitrogens with zero attached hydrogens (tertiary/aromatic N) is 3. The maximum Gasteiger partial charge on any atom is 0.262 e. The van der Waals surface area contributed by atoms with Crippen molar-refractivity contribution in [2.75, 3.05) is 14.7 Å². The van der Waals surface area contributed by atoms with Gasteiger partial charge in [0.25, 0.3) is 13.4 Å². The Morgan fingerprint density at radius 3 is 1.22 bits per heavy atom. The molecule has 4 aliphatic heterocycles. The molecule has 6 heterocycles. The first-order valence-corrected chi connectivity index (χ1v) is 27.9. The van der Waals surface area contributed by atoms with Crippen LogP contribution in [0.5, 0.6) is 33.8 Å². The van der Waals surface area contributed by atoms with E-state index in [0.717, 1.165) is 117 Å². The number of rotatable bonds is 9. The van der Waals surface area contributed by atoms with Crippen molar-refractivity contribution in [3.8, 4) is 54.7 Å². The number of para-hydroxylation sites is 5. The molecule has 0 saturated heterocycles. The summed E-state index contributed by atoms with van der Waals surface area (Å²) in [7, 11) is 0. The summed E-state index contributed by atoms with van der Waals surface area (Å²) in [6, 6.07) is 92.8. The summed E-state index contributed by atoms with van der Waals surface area (Å²) >= 11 is 3.53. The van der Waals surface area contributed by atoms with Gasteiger partial charge in [-0.3, -0.25) is 0 Å². The van der Waals surface area contributed by atoms with Crippen LogP contribution in [0, 0.1) is 0 Å². The van der Waals surface area contributed by atoms with Gasteiger partial charge >= 0.3 is 0 Å². The van der Waals surface area contributed by atoms with Crippen LogP contribution in [0.15, 0.2) is 261 Å². The fourth-order valence-electron chi connectivity index (χ4n) is 12.1. The monoisotopic (exact) mass is 1040 g/mol. The van der Waals surface area contributed by atoms with Crippen molar-refractivity contribution in [3.63, 3.8) is 0 Å². The lowest BCUT2D eigenvalue weighted by Gasteiger charge is -2.40. The van der Waals surface area contributed by atoms with Crippen LogP contribution in [0.1, 0.15) is 0 Å². The number of ether oxygens (including phenoxy) is 3. The maximum absolute atomic E-state index is 7.54. The molecule has 10 heteroatoms. The van der Waals surface area contributed by atoms with Crippen LogP contribution in [-0.2, 0) is 0 Å². The molecular formula is C68H43B2N3O3S2. The minimum absolute atomic E-state index is 0.196. The summed E-state index contributed by atoms with van der Waals surface area (Å²) in [5.74, 6) is 3.96. The highest BCUT2D eigenvalue weighted by Crippen LogP contribution is 2.50. The number of anilines is 9. The summed E-state index contributed by atoms with van der Waals surface area (Å²) in [5.41, 5.74) is 17.1. The zero-order valence-electron chi connectivity index (χ0n) is 41.9. The van der Waals surface area contributed by atoms with Crippen LogP contribution in [0.3, 0.4) is 0 Å². The van der Waals surface area contributed by atoms with Crippen LogP contribution < -0.4 is 61.7 Å². The van der Waals surface area contributed by atoms with Crippen LogP contribution in [0.2, 0.25) is 0 Å². The fraction of sp³-hybridized carbons (Fsp3) is 0. The topological polar surface area (TPSA) is 37.4 Å². The van der Waals surface area contributed by atoms with Gasteiger partial charge in [-0.25, -0.2) is 0 Å². The van der Waals surface area contributed by atoms with E-state index in [-0.39, 0.29) is 13.4 Å². The maximum atomic E-state index is 7.54. The van der Waals surface area contributed by atoms with Gasteiger partial charge in [0.15, 0.2) is 5.06 Å². The molecule has 0 N–H and O–H groups in total. The van der Waals surface area contributed by atoms with Gasteiger partial charge in [0, 0.05) is 67.5 Å². The van der Waals surface area contributed by atoms with Crippen molar-refractivity contribution in [1.29, 1.82) is 0 Å². The molecule has 12 aromatic rings. The van der Waals surface area contributed by atoms with Gasteiger partial charge in [-0.1, -0.05) is 163 Å². The molecule has 10 aromatic carbocycles. The standard InChI is InChI=1S/C68H43B2N3O3S2/c1-8-22-44(23-9-1)63-42-55-67(77-63)73(50-34-20-7-21-35-50)57-36-51(71(46-26-12-3-13-27-46)47-28-14-4-15-29-47)37-60-65(57)69(55)53-40-59-54(41-58(53)74-60)70-56-43-64(45-24-10-2-11-25-45)78-68(56)76-62-39-52(38-61(75-59)66(62)70)72(48-30-16-5-17-31-48)49-32-18-6-19-33-49/h1-43H. The van der Waals surface area contributed by atoms with Gasteiger partial charge < -0.3 is 28.9 Å². The van der Waals surface area contributed by atoms with Crippen molar-refractivity contribution in [1.82, 2.24) is 0 Å². The minimum atomic E-state index is -0.211. The van der Waals surface area contributed by atoms with E-state index in [0.29, 0.717) is 0 Å². The van der Waals surface area contributed by atoms with Gasteiger partial charge in [0.2, 0.25) is 0 Å². The molecule has 0 aliphatic carbocycles. The Balaban J connectivity index is 0.935. The molecule has 0 atom stereocenters. The van der Waals surface area contributed by atoms with E-state index < -0.39 is 0 Å². The molecule has 78 heavy (non-hydrogen) atoms. The Hall–Kier alpha value is -9.47. The normalized spacial score (nSPS) is 12.8. The summed E-state index contributed by atoms with van der Waals surface area (Å²) in [6.45, 7) is -0.407. The molecule has 16 rings (SSSR count). The lowest BCUT2D eigenvalue weighted by Crippen LogP contribution is -2.61. The van der Waals surface area contributed by atoms with Crippen molar-refractivity contribution in [2.45, 2.75) is 0 Å². The van der Waals surface area contributed by atoms with Gasteiger partial charge in [-0.15, -0.1) is 11.3 Å². The van der Waals surface area contributed by atoms with E-state index in [1.54, 1.807) is 11.3 Å². The third-order valence-electron chi connectivity index (χ3n) is 15.4. The molecule has 0 bridgehead atoms. The molecule has 6 nitrogen and oxygen atoms in total. The molecule has 0 fully saturated rings. The highest BCUT2D eigenvalue weighted by Gasteiger charge is 2.48. The van der Waals surface area contributed by atoms with E-state index >= 15 is 0 Å². The molecule has 0 unspecified atom stereocenters. The van der Waals surface area contributed by atoms with Crippen molar-refractivity contribution in [3.05, 3.63) is 261 Å². The van der Waals surface area contributed by atoms with E-state index in [4.69, 9.17) is 14.2 Å². The fourth-order valence-corrected chi connectivity index (χ4v) is 14.4. The summed E-state index contributed by atoms with van der Waals surface area (Å²) < 4.78 is 22.1. The highest BCUT2D eigenvalue weighted by atomic mass is 32.1. The van der Waals surface area contributed by atoms with Crippen LogP contribution >= 0.6 is 22.7 Å². The van der Waals surface area contributed by atoms with Crippen LogP contribution in [0.4, 0.5) is 50.5 Å². The predicted molar refractivity (Wildman–Crippen MR) is 326 cm³/mol. The number of thiophene rings is 2. The van der Waals surface area contributed by atoms with Crippen molar-refractivity contribution in [2.24, 2.45) is 0 Å². The smallest absolute Gasteiger partial charge is 0.262 e. The predicted octanol–water partition coefficient (Wildman–Crippen LogP) is 15.2. The lowest BCUT2D eigenvalue weighted by molar-refractivity contribution is 0.466. The van der Waals surface area contributed by atoms with E-state index in [1.165, 1.54) is 20.9 Å². The molecule has 0 spiro atoms. The molecular weight excluding hydrogens is 993 g/mol. The first kappa shape index (κ1) is 44.8. The Morgan fingerprint density at radius 2 is 0.718 bits per heavy atom. The summed E-state index contributed by atoms with van der Waals surface area (Å²) in [5, 5.41) is 2.04. The van der Waals surface area contributed by atoms with Gasteiger partial charge in [-0.05, 0) is 129 Å². The van der Waals surface area contributed by atoms with E-state index in [1.807, 2.05) is 11.3 Å². The zero-order valence-corrected chi connectivity index (χ0v) is 43.5. The van der Waals surface area contributed by atoms with Crippen molar-refractivity contribution >= 4 is 119 Å². The van der Waals surface area contributed by atoms with Crippen LogP contribution in [-0.4, -0.2) is 13.4 Å². The lowest BCUT2D eigenvalue weighted by atomic mass is 9.32. The Labute approximate surface area is 461 Å². The number of hydrogen-bond acceptors (Lipinski definition) is 8. The van der Waals surface area contributed by atoms with Gasteiger partial charge in [0.1, 0.15) is 28.7 Å². The molecule has 366 valence electrons. The minimum Gasteiger partial charge on any atom is -0.458 e. The average molecular weight is 1040 g/mol. The SMILES string of the molecule is c1ccc(-c2cc3c(s2)Oc2cc(N(c4ccccc4)c4ccccc4)cc4c2B3c2cc3c(cc2O4)B2c4cc(-c5ccccc5)sc4N(c4ccccc4)c4cc(N(c5ccccc5)c5ccccc5)cc(c42)O3)cc1. The number of fused-ring (bicyclic) bond motifs is 8. The zero-order chi connectivity index (χ0) is 51.3. The average Bonchev–Trinajstić information content (AvgIpc) is 3.95. The molecule has 0 radical (unpaired) electrons. The van der Waals surface area contributed by atoms with Crippen LogP contribution in [0.25, 0.3) is 20.9 Å². The third-order valence-corrected chi connectivity index (χ3v) is 17.7. The Morgan fingerprint density at radius 1 is 0.321 bits per heavy atom. The number of hydrogen-bond donors (Lipinski definition) is 0. The molecule has 2 aromatic heterocycles. The first-order chi connectivity index (χ1) is 38.7. The third kappa shape index (κ3) is 7.25. The highest BCUT2D eigenvalue weighted by molar-refractivity contribution is 7.23. The van der Waals surface area contributed by atoms with Gasteiger partial charge in [-0.2, -0.15) is 0 Å².